The van der Waals surface area contributed by atoms with Gasteiger partial charge in [-0.1, -0.05) is 6.92 Å². The molecule has 2 aromatic heterocycles. The zero-order valence-electron chi connectivity index (χ0n) is 14.0. The standard InChI is InChI=1S/C18H23N5O/c1-2-9-20-18(24)14-7-11-23(12-8-14)17-6-5-16(21-22-17)15-4-3-10-19-13-15/h3-6,10,13-14H,2,7-9,11-12H2,1H3,(H,20,24). The number of carbonyl (C=O) groups is 1. The first-order valence-electron chi connectivity index (χ1n) is 8.54. The maximum absolute atomic E-state index is 12.0. The van der Waals surface area contributed by atoms with Crippen LogP contribution >= 0.6 is 0 Å². The largest absolute Gasteiger partial charge is 0.356 e. The number of hydrogen-bond acceptors (Lipinski definition) is 5. The zero-order chi connectivity index (χ0) is 16.8. The maximum atomic E-state index is 12.0. The van der Waals surface area contributed by atoms with E-state index in [9.17, 15) is 4.79 Å². The van der Waals surface area contributed by atoms with Gasteiger partial charge in [-0.15, -0.1) is 10.2 Å². The minimum Gasteiger partial charge on any atom is -0.356 e. The lowest BCUT2D eigenvalue weighted by Gasteiger charge is -2.31. The highest BCUT2D eigenvalue weighted by molar-refractivity contribution is 5.78. The Morgan fingerprint density at radius 2 is 2.08 bits per heavy atom. The average molecular weight is 325 g/mol. The van der Waals surface area contributed by atoms with E-state index in [1.165, 1.54) is 0 Å². The van der Waals surface area contributed by atoms with E-state index in [0.717, 1.165) is 56.0 Å². The van der Waals surface area contributed by atoms with Crippen LogP contribution in [-0.4, -0.2) is 40.7 Å². The van der Waals surface area contributed by atoms with Gasteiger partial charge in [-0.2, -0.15) is 0 Å². The Morgan fingerprint density at radius 3 is 2.71 bits per heavy atom. The molecule has 1 N–H and O–H groups in total. The molecule has 126 valence electrons. The van der Waals surface area contributed by atoms with Crippen LogP contribution in [0, 0.1) is 5.92 Å². The summed E-state index contributed by atoms with van der Waals surface area (Å²) in [6.45, 7) is 4.51. The van der Waals surface area contributed by atoms with Crippen molar-refractivity contribution in [3.63, 3.8) is 0 Å². The van der Waals surface area contributed by atoms with Gasteiger partial charge < -0.3 is 10.2 Å². The summed E-state index contributed by atoms with van der Waals surface area (Å²) in [6.07, 6.45) is 6.23. The molecule has 3 rings (SSSR count). The number of hydrogen-bond donors (Lipinski definition) is 1. The summed E-state index contributed by atoms with van der Waals surface area (Å²) < 4.78 is 0. The molecule has 0 radical (unpaired) electrons. The third kappa shape index (κ3) is 3.88. The van der Waals surface area contributed by atoms with Crippen LogP contribution in [0.2, 0.25) is 0 Å². The highest BCUT2D eigenvalue weighted by Crippen LogP contribution is 2.23. The third-order valence-electron chi connectivity index (χ3n) is 4.35. The number of piperidine rings is 1. The topological polar surface area (TPSA) is 71.0 Å². The minimum absolute atomic E-state index is 0.121. The Hall–Kier alpha value is -2.50. The molecule has 3 heterocycles. The fourth-order valence-corrected chi connectivity index (χ4v) is 2.93. The predicted octanol–water partition coefficient (Wildman–Crippen LogP) is 2.28. The van der Waals surface area contributed by atoms with Crippen molar-refractivity contribution in [3.05, 3.63) is 36.7 Å². The third-order valence-corrected chi connectivity index (χ3v) is 4.35. The molecular formula is C18H23N5O. The van der Waals surface area contributed by atoms with Gasteiger partial charge in [-0.05, 0) is 43.5 Å². The molecule has 1 saturated heterocycles. The highest BCUT2D eigenvalue weighted by Gasteiger charge is 2.25. The molecule has 1 aliphatic rings. The van der Waals surface area contributed by atoms with Gasteiger partial charge in [-0.3, -0.25) is 9.78 Å². The van der Waals surface area contributed by atoms with Crippen LogP contribution in [0.15, 0.2) is 36.7 Å². The van der Waals surface area contributed by atoms with E-state index < -0.39 is 0 Å². The zero-order valence-corrected chi connectivity index (χ0v) is 14.0. The predicted molar refractivity (Wildman–Crippen MR) is 93.5 cm³/mol. The van der Waals surface area contributed by atoms with Crippen molar-refractivity contribution < 1.29 is 4.79 Å². The molecule has 0 spiro atoms. The molecule has 0 aromatic carbocycles. The molecule has 0 aliphatic carbocycles. The SMILES string of the molecule is CCCNC(=O)C1CCN(c2ccc(-c3cccnc3)nn2)CC1. The lowest BCUT2D eigenvalue weighted by atomic mass is 9.96. The van der Waals surface area contributed by atoms with E-state index in [1.54, 1.807) is 12.4 Å². The van der Waals surface area contributed by atoms with Crippen LogP contribution in [0.3, 0.4) is 0 Å². The van der Waals surface area contributed by atoms with Crippen LogP contribution < -0.4 is 10.2 Å². The number of carbonyl (C=O) groups excluding carboxylic acids is 1. The quantitative estimate of drug-likeness (QED) is 0.913. The number of aromatic nitrogens is 3. The summed E-state index contributed by atoms with van der Waals surface area (Å²) in [5.74, 6) is 1.18. The molecule has 1 fully saturated rings. The van der Waals surface area contributed by atoms with Gasteiger partial charge in [-0.25, -0.2) is 0 Å². The summed E-state index contributed by atoms with van der Waals surface area (Å²) in [5, 5.41) is 11.6. The van der Waals surface area contributed by atoms with Crippen molar-refractivity contribution in [2.24, 2.45) is 5.92 Å². The molecule has 0 saturated carbocycles. The average Bonchev–Trinajstić information content (AvgIpc) is 2.67. The monoisotopic (exact) mass is 325 g/mol. The lowest BCUT2D eigenvalue weighted by molar-refractivity contribution is -0.125. The smallest absolute Gasteiger partial charge is 0.223 e. The van der Waals surface area contributed by atoms with Crippen molar-refractivity contribution >= 4 is 11.7 Å². The van der Waals surface area contributed by atoms with E-state index >= 15 is 0 Å². The molecule has 6 nitrogen and oxygen atoms in total. The Balaban J connectivity index is 1.58. The number of rotatable bonds is 5. The van der Waals surface area contributed by atoms with E-state index in [2.05, 4.69) is 32.3 Å². The summed E-state index contributed by atoms with van der Waals surface area (Å²) in [4.78, 5) is 18.3. The van der Waals surface area contributed by atoms with Crippen molar-refractivity contribution in [2.45, 2.75) is 26.2 Å². The second-order valence-corrected chi connectivity index (χ2v) is 6.07. The Bertz CT molecular complexity index is 651. The van der Waals surface area contributed by atoms with Crippen molar-refractivity contribution in [2.75, 3.05) is 24.5 Å². The minimum atomic E-state index is 0.121. The van der Waals surface area contributed by atoms with E-state index in [0.29, 0.717) is 0 Å². The van der Waals surface area contributed by atoms with Gasteiger partial charge in [0.15, 0.2) is 5.82 Å². The van der Waals surface area contributed by atoms with E-state index in [4.69, 9.17) is 0 Å². The number of pyridine rings is 1. The first-order chi connectivity index (χ1) is 11.8. The molecule has 0 atom stereocenters. The van der Waals surface area contributed by atoms with Gasteiger partial charge >= 0.3 is 0 Å². The first-order valence-corrected chi connectivity index (χ1v) is 8.54. The van der Waals surface area contributed by atoms with Crippen LogP contribution in [0.1, 0.15) is 26.2 Å². The number of nitrogens with zero attached hydrogens (tertiary/aromatic N) is 4. The molecule has 24 heavy (non-hydrogen) atoms. The molecule has 6 heteroatoms. The van der Waals surface area contributed by atoms with Crippen LogP contribution in [0.4, 0.5) is 5.82 Å². The fraction of sp³-hybridized carbons (Fsp3) is 0.444. The molecule has 1 aliphatic heterocycles. The van der Waals surface area contributed by atoms with Gasteiger partial charge in [0, 0.05) is 43.5 Å². The number of amides is 1. The van der Waals surface area contributed by atoms with Crippen molar-refractivity contribution in [1.29, 1.82) is 0 Å². The van der Waals surface area contributed by atoms with Crippen LogP contribution in [-0.2, 0) is 4.79 Å². The molecule has 1 amide bonds. The van der Waals surface area contributed by atoms with Gasteiger partial charge in [0.25, 0.3) is 0 Å². The summed E-state index contributed by atoms with van der Waals surface area (Å²) in [7, 11) is 0. The summed E-state index contributed by atoms with van der Waals surface area (Å²) >= 11 is 0. The van der Waals surface area contributed by atoms with Crippen molar-refractivity contribution in [3.8, 4) is 11.3 Å². The van der Waals surface area contributed by atoms with Gasteiger partial charge in [0.2, 0.25) is 5.91 Å². The second kappa shape index (κ2) is 7.86. The Labute approximate surface area is 142 Å². The number of nitrogens with one attached hydrogen (secondary N) is 1. The van der Waals surface area contributed by atoms with Crippen LogP contribution in [0.5, 0.6) is 0 Å². The highest BCUT2D eigenvalue weighted by atomic mass is 16.1. The second-order valence-electron chi connectivity index (χ2n) is 6.07. The first kappa shape index (κ1) is 16.4. The van der Waals surface area contributed by atoms with Crippen LogP contribution in [0.25, 0.3) is 11.3 Å². The van der Waals surface area contributed by atoms with E-state index in [1.807, 2.05) is 24.3 Å². The normalized spacial score (nSPS) is 15.3. The van der Waals surface area contributed by atoms with E-state index in [-0.39, 0.29) is 11.8 Å². The lowest BCUT2D eigenvalue weighted by Crippen LogP contribution is -2.41. The fourth-order valence-electron chi connectivity index (χ4n) is 2.93. The molecule has 0 bridgehead atoms. The number of anilines is 1. The molecule has 2 aromatic rings. The van der Waals surface area contributed by atoms with Gasteiger partial charge in [0.05, 0.1) is 5.69 Å². The molecule has 0 unspecified atom stereocenters. The summed E-state index contributed by atoms with van der Waals surface area (Å²) in [5.41, 5.74) is 1.78. The van der Waals surface area contributed by atoms with Gasteiger partial charge in [0.1, 0.15) is 0 Å². The Morgan fingerprint density at radius 1 is 1.25 bits per heavy atom. The van der Waals surface area contributed by atoms with Crippen molar-refractivity contribution in [1.82, 2.24) is 20.5 Å². The molecular weight excluding hydrogens is 302 g/mol. The Kier molecular flexibility index (Phi) is 5.36. The summed E-state index contributed by atoms with van der Waals surface area (Å²) in [6, 6.07) is 7.82. The maximum Gasteiger partial charge on any atom is 0.223 e.